The van der Waals surface area contributed by atoms with Crippen LogP contribution in [0.3, 0.4) is 0 Å². The number of anilines is 1. The number of nitrogens with zero attached hydrogens (tertiary/aromatic N) is 2. The first-order valence-electron chi connectivity index (χ1n) is 5.63. The molecule has 8 heteroatoms. The SMILES string of the molecule is O=S(=O)(Nc1ccc(F)nc1)c1c[nH]c2ncccc12. The van der Waals surface area contributed by atoms with E-state index in [2.05, 4.69) is 19.7 Å². The van der Waals surface area contributed by atoms with Gasteiger partial charge in [0.25, 0.3) is 10.0 Å². The Kier molecular flexibility index (Phi) is 2.87. The van der Waals surface area contributed by atoms with Crippen LogP contribution in [0.2, 0.25) is 0 Å². The molecule has 0 saturated carbocycles. The molecule has 0 bridgehead atoms. The molecule has 3 aromatic heterocycles. The van der Waals surface area contributed by atoms with Crippen molar-refractivity contribution in [3.8, 4) is 0 Å². The fraction of sp³-hybridized carbons (Fsp3) is 0. The molecule has 3 heterocycles. The second-order valence-corrected chi connectivity index (χ2v) is 5.68. The average molecular weight is 292 g/mol. The topological polar surface area (TPSA) is 87.7 Å². The molecule has 0 fully saturated rings. The first-order valence-corrected chi connectivity index (χ1v) is 7.11. The summed E-state index contributed by atoms with van der Waals surface area (Å²) < 4.78 is 39.6. The highest BCUT2D eigenvalue weighted by Gasteiger charge is 2.19. The zero-order valence-corrected chi connectivity index (χ0v) is 10.9. The molecule has 0 aliphatic heterocycles. The molecule has 0 atom stereocenters. The zero-order valence-electron chi connectivity index (χ0n) is 10.0. The number of H-pyrrole nitrogens is 1. The third-order valence-electron chi connectivity index (χ3n) is 2.68. The number of aromatic amines is 1. The third-order valence-corrected chi connectivity index (χ3v) is 4.10. The van der Waals surface area contributed by atoms with Gasteiger partial charge in [-0.15, -0.1) is 0 Å². The molecule has 3 aromatic rings. The van der Waals surface area contributed by atoms with Crippen LogP contribution in [0.15, 0.2) is 47.8 Å². The van der Waals surface area contributed by atoms with Gasteiger partial charge >= 0.3 is 0 Å². The number of pyridine rings is 2. The predicted octanol–water partition coefficient (Wildman–Crippen LogP) is 1.90. The van der Waals surface area contributed by atoms with Gasteiger partial charge in [-0.1, -0.05) is 0 Å². The lowest BCUT2D eigenvalue weighted by Gasteiger charge is -2.06. The van der Waals surface area contributed by atoms with Gasteiger partial charge in [-0.3, -0.25) is 4.72 Å². The second kappa shape index (κ2) is 4.57. The molecule has 0 spiro atoms. The molecular weight excluding hydrogens is 283 g/mol. The molecule has 0 amide bonds. The lowest BCUT2D eigenvalue weighted by Crippen LogP contribution is -2.12. The van der Waals surface area contributed by atoms with Crippen LogP contribution < -0.4 is 4.72 Å². The molecule has 102 valence electrons. The molecule has 6 nitrogen and oxygen atoms in total. The summed E-state index contributed by atoms with van der Waals surface area (Å²) in [5, 5.41) is 0.482. The van der Waals surface area contributed by atoms with Crippen molar-refractivity contribution >= 4 is 26.7 Å². The van der Waals surface area contributed by atoms with Gasteiger partial charge < -0.3 is 4.98 Å². The quantitative estimate of drug-likeness (QED) is 0.722. The monoisotopic (exact) mass is 292 g/mol. The third kappa shape index (κ3) is 2.21. The minimum atomic E-state index is -3.79. The number of hydrogen-bond acceptors (Lipinski definition) is 4. The van der Waals surface area contributed by atoms with E-state index in [-0.39, 0.29) is 10.6 Å². The Hall–Kier alpha value is -2.48. The van der Waals surface area contributed by atoms with Crippen LogP contribution in [0.1, 0.15) is 0 Å². The Morgan fingerprint density at radius 2 is 2.05 bits per heavy atom. The largest absolute Gasteiger partial charge is 0.345 e. The van der Waals surface area contributed by atoms with Crippen LogP contribution in [0.4, 0.5) is 10.1 Å². The summed E-state index contributed by atoms with van der Waals surface area (Å²) in [6.45, 7) is 0. The molecule has 0 saturated heterocycles. The first-order chi connectivity index (χ1) is 9.56. The highest BCUT2D eigenvalue weighted by molar-refractivity contribution is 7.93. The summed E-state index contributed by atoms with van der Waals surface area (Å²) in [6, 6.07) is 5.67. The fourth-order valence-corrected chi connectivity index (χ4v) is 3.01. The van der Waals surface area contributed by atoms with Crippen molar-refractivity contribution in [2.24, 2.45) is 0 Å². The molecule has 0 aliphatic carbocycles. The van der Waals surface area contributed by atoms with Crippen molar-refractivity contribution in [3.05, 3.63) is 48.8 Å². The maximum absolute atomic E-state index is 12.7. The number of sulfonamides is 1. The number of rotatable bonds is 3. The van der Waals surface area contributed by atoms with Gasteiger partial charge in [0, 0.05) is 17.8 Å². The molecule has 0 radical (unpaired) electrons. The maximum atomic E-state index is 12.7. The van der Waals surface area contributed by atoms with E-state index >= 15 is 0 Å². The normalized spacial score (nSPS) is 11.7. The molecule has 20 heavy (non-hydrogen) atoms. The summed E-state index contributed by atoms with van der Waals surface area (Å²) in [4.78, 5) is 10.3. The van der Waals surface area contributed by atoms with Crippen LogP contribution in [0.25, 0.3) is 11.0 Å². The summed E-state index contributed by atoms with van der Waals surface area (Å²) in [7, 11) is -3.79. The van der Waals surface area contributed by atoms with E-state index < -0.39 is 16.0 Å². The lowest BCUT2D eigenvalue weighted by molar-refractivity contribution is 0.583. The Morgan fingerprint density at radius 1 is 1.20 bits per heavy atom. The molecular formula is C12H9FN4O2S. The Morgan fingerprint density at radius 3 is 2.80 bits per heavy atom. The van der Waals surface area contributed by atoms with Crippen molar-refractivity contribution in [2.75, 3.05) is 4.72 Å². The van der Waals surface area contributed by atoms with Gasteiger partial charge in [-0.05, 0) is 24.3 Å². The summed E-state index contributed by atoms with van der Waals surface area (Å²) in [5.74, 6) is -0.677. The van der Waals surface area contributed by atoms with Crippen molar-refractivity contribution < 1.29 is 12.8 Å². The predicted molar refractivity (Wildman–Crippen MR) is 71.1 cm³/mol. The minimum Gasteiger partial charge on any atom is -0.345 e. The highest BCUT2D eigenvalue weighted by atomic mass is 32.2. The van der Waals surface area contributed by atoms with Crippen molar-refractivity contribution in [2.45, 2.75) is 4.90 Å². The van der Waals surface area contributed by atoms with Crippen molar-refractivity contribution in [1.29, 1.82) is 0 Å². The lowest BCUT2D eigenvalue weighted by atomic mass is 10.3. The average Bonchev–Trinajstić information content (AvgIpc) is 2.86. The summed E-state index contributed by atoms with van der Waals surface area (Å²) in [5.41, 5.74) is 0.662. The van der Waals surface area contributed by atoms with Gasteiger partial charge in [-0.2, -0.15) is 4.39 Å². The van der Waals surface area contributed by atoms with Crippen LogP contribution in [0.5, 0.6) is 0 Å². The molecule has 0 unspecified atom stereocenters. The zero-order chi connectivity index (χ0) is 14.2. The standard InChI is InChI=1S/C12H9FN4O2S/c13-11-4-3-8(6-15-11)17-20(18,19)10-7-16-12-9(10)2-1-5-14-12/h1-7,17H,(H,14,16). The smallest absolute Gasteiger partial charge is 0.264 e. The molecule has 2 N–H and O–H groups in total. The maximum Gasteiger partial charge on any atom is 0.264 e. The second-order valence-electron chi connectivity index (χ2n) is 4.03. The fourth-order valence-electron chi connectivity index (χ4n) is 1.80. The number of halogens is 1. The Balaban J connectivity index is 2.01. The summed E-state index contributed by atoms with van der Waals surface area (Å²) in [6.07, 6.45) is 4.03. The first kappa shape index (κ1) is 12.5. The molecule has 0 aromatic carbocycles. The Bertz CT molecular complexity index is 859. The van der Waals surface area contributed by atoms with Crippen LogP contribution in [-0.2, 0) is 10.0 Å². The number of hydrogen-bond donors (Lipinski definition) is 2. The van der Waals surface area contributed by atoms with E-state index in [1.54, 1.807) is 18.3 Å². The minimum absolute atomic E-state index is 0.0740. The highest BCUT2D eigenvalue weighted by Crippen LogP contribution is 2.23. The number of fused-ring (bicyclic) bond motifs is 1. The van der Waals surface area contributed by atoms with Gasteiger partial charge in [0.15, 0.2) is 0 Å². The van der Waals surface area contributed by atoms with Gasteiger partial charge in [0.05, 0.1) is 11.9 Å². The number of nitrogens with one attached hydrogen (secondary N) is 2. The van der Waals surface area contributed by atoms with Crippen LogP contribution in [-0.4, -0.2) is 23.4 Å². The Labute approximate surface area is 113 Å². The van der Waals surface area contributed by atoms with E-state index in [0.29, 0.717) is 11.0 Å². The molecule has 0 aliphatic rings. The van der Waals surface area contributed by atoms with Crippen LogP contribution in [0, 0.1) is 5.95 Å². The van der Waals surface area contributed by atoms with E-state index in [4.69, 9.17) is 0 Å². The molecule has 3 rings (SSSR count). The van der Waals surface area contributed by atoms with E-state index in [9.17, 15) is 12.8 Å². The van der Waals surface area contributed by atoms with E-state index in [1.165, 1.54) is 12.3 Å². The van der Waals surface area contributed by atoms with Crippen molar-refractivity contribution in [3.63, 3.8) is 0 Å². The summed E-state index contributed by atoms with van der Waals surface area (Å²) >= 11 is 0. The van der Waals surface area contributed by atoms with Gasteiger partial charge in [0.1, 0.15) is 10.5 Å². The van der Waals surface area contributed by atoms with E-state index in [1.807, 2.05) is 0 Å². The van der Waals surface area contributed by atoms with Gasteiger partial charge in [-0.25, -0.2) is 18.4 Å². The van der Waals surface area contributed by atoms with Gasteiger partial charge in [0.2, 0.25) is 5.95 Å². The number of aromatic nitrogens is 3. The van der Waals surface area contributed by atoms with E-state index in [0.717, 1.165) is 12.3 Å². The van der Waals surface area contributed by atoms with Crippen molar-refractivity contribution in [1.82, 2.24) is 15.0 Å². The van der Waals surface area contributed by atoms with Crippen LogP contribution >= 0.6 is 0 Å².